The molecule has 0 aliphatic carbocycles. The molecule has 0 bridgehead atoms. The molecule has 1 aromatic rings. The summed E-state index contributed by atoms with van der Waals surface area (Å²) < 4.78 is 0. The summed E-state index contributed by atoms with van der Waals surface area (Å²) in [5.74, 6) is 1.77. The maximum Gasteiger partial charge on any atom is 0.223 e. The number of rotatable bonds is 6. The Morgan fingerprint density at radius 2 is 2.06 bits per heavy atom. The minimum absolute atomic E-state index is 0.0379. The summed E-state index contributed by atoms with van der Waals surface area (Å²) in [6.45, 7) is 10.6. The van der Waals surface area contributed by atoms with Crippen molar-refractivity contribution in [2.75, 3.05) is 11.2 Å². The number of nitrogens with one attached hydrogen (secondary N) is 1. The van der Waals surface area contributed by atoms with Gasteiger partial charge in [0.05, 0.1) is 0 Å². The second kappa shape index (κ2) is 6.37. The lowest BCUT2D eigenvalue weighted by Crippen LogP contribution is -2.35. The molecular formula is C14H24ClN3. The first-order valence-corrected chi connectivity index (χ1v) is 7.13. The lowest BCUT2D eigenvalue weighted by Gasteiger charge is -2.29. The minimum Gasteiger partial charge on any atom is -0.349 e. The highest BCUT2D eigenvalue weighted by molar-refractivity contribution is 6.17. The predicted octanol–water partition coefficient (Wildman–Crippen LogP) is 4.12. The molecule has 3 nitrogen and oxygen atoms in total. The van der Waals surface area contributed by atoms with Crippen LogP contribution in [0.2, 0.25) is 0 Å². The van der Waals surface area contributed by atoms with Crippen molar-refractivity contribution in [2.24, 2.45) is 0 Å². The average Bonchev–Trinajstić information content (AvgIpc) is 2.28. The summed E-state index contributed by atoms with van der Waals surface area (Å²) >= 11 is 5.86. The fraction of sp³-hybridized carbons (Fsp3) is 0.714. The van der Waals surface area contributed by atoms with Crippen molar-refractivity contribution in [2.45, 2.75) is 58.9 Å². The quantitative estimate of drug-likeness (QED) is 0.790. The topological polar surface area (TPSA) is 37.8 Å². The van der Waals surface area contributed by atoms with Crippen molar-refractivity contribution in [3.63, 3.8) is 0 Å². The normalized spacial score (nSPS) is 14.6. The van der Waals surface area contributed by atoms with Crippen LogP contribution >= 0.6 is 11.6 Å². The van der Waals surface area contributed by atoms with Crippen LogP contribution < -0.4 is 5.32 Å². The third kappa shape index (κ3) is 4.13. The SMILES string of the molecule is CCC(C)(CCCl)Nc1nc(C)cc(C(C)C)n1. The molecule has 0 spiro atoms. The number of hydrogen-bond donors (Lipinski definition) is 1. The Kier molecular flexibility index (Phi) is 5.39. The van der Waals surface area contributed by atoms with Crippen molar-refractivity contribution in [3.8, 4) is 0 Å². The maximum atomic E-state index is 5.86. The third-order valence-electron chi connectivity index (χ3n) is 3.31. The van der Waals surface area contributed by atoms with Gasteiger partial charge in [0.2, 0.25) is 5.95 Å². The third-order valence-corrected chi connectivity index (χ3v) is 3.49. The molecule has 0 aliphatic rings. The van der Waals surface area contributed by atoms with Gasteiger partial charge in [0.15, 0.2) is 0 Å². The molecule has 0 fully saturated rings. The summed E-state index contributed by atoms with van der Waals surface area (Å²) in [6.07, 6.45) is 1.90. The van der Waals surface area contributed by atoms with Crippen LogP contribution in [0.1, 0.15) is 57.8 Å². The average molecular weight is 270 g/mol. The largest absolute Gasteiger partial charge is 0.349 e. The maximum absolute atomic E-state index is 5.86. The monoisotopic (exact) mass is 269 g/mol. The first kappa shape index (κ1) is 15.2. The van der Waals surface area contributed by atoms with Crippen LogP contribution in [0.4, 0.5) is 5.95 Å². The number of anilines is 1. The van der Waals surface area contributed by atoms with E-state index in [0.717, 1.165) is 24.2 Å². The number of hydrogen-bond acceptors (Lipinski definition) is 3. The molecule has 0 radical (unpaired) electrons. The van der Waals surface area contributed by atoms with Gasteiger partial charge in [-0.15, -0.1) is 11.6 Å². The Morgan fingerprint density at radius 3 is 2.56 bits per heavy atom. The predicted molar refractivity (Wildman–Crippen MR) is 78.5 cm³/mol. The second-order valence-electron chi connectivity index (χ2n) is 5.39. The highest BCUT2D eigenvalue weighted by Crippen LogP contribution is 2.22. The van der Waals surface area contributed by atoms with Crippen molar-refractivity contribution in [1.29, 1.82) is 0 Å². The van der Waals surface area contributed by atoms with E-state index in [-0.39, 0.29) is 5.54 Å². The highest BCUT2D eigenvalue weighted by atomic mass is 35.5. The van der Waals surface area contributed by atoms with Gasteiger partial charge in [0, 0.05) is 22.8 Å². The van der Waals surface area contributed by atoms with E-state index in [1.54, 1.807) is 0 Å². The van der Waals surface area contributed by atoms with E-state index in [1.807, 2.05) is 13.0 Å². The van der Waals surface area contributed by atoms with Crippen LogP contribution in [0.25, 0.3) is 0 Å². The van der Waals surface area contributed by atoms with Gasteiger partial charge in [-0.3, -0.25) is 0 Å². The zero-order valence-electron chi connectivity index (χ0n) is 12.0. The van der Waals surface area contributed by atoms with E-state index in [4.69, 9.17) is 11.6 Å². The van der Waals surface area contributed by atoms with Crippen LogP contribution in [0.15, 0.2) is 6.07 Å². The summed E-state index contributed by atoms with van der Waals surface area (Å²) in [6, 6.07) is 2.04. The van der Waals surface area contributed by atoms with Crippen molar-refractivity contribution < 1.29 is 0 Å². The number of aryl methyl sites for hydroxylation is 1. The first-order valence-electron chi connectivity index (χ1n) is 6.60. The molecular weight excluding hydrogens is 246 g/mol. The summed E-state index contributed by atoms with van der Waals surface area (Å²) in [5.41, 5.74) is 2.04. The molecule has 0 saturated carbocycles. The Morgan fingerprint density at radius 1 is 1.39 bits per heavy atom. The highest BCUT2D eigenvalue weighted by Gasteiger charge is 2.22. The molecule has 0 saturated heterocycles. The van der Waals surface area contributed by atoms with Crippen LogP contribution in [0, 0.1) is 6.92 Å². The molecule has 18 heavy (non-hydrogen) atoms. The molecule has 0 amide bonds. The molecule has 0 aliphatic heterocycles. The molecule has 1 rings (SSSR count). The second-order valence-corrected chi connectivity index (χ2v) is 5.77. The van der Waals surface area contributed by atoms with E-state index in [0.29, 0.717) is 17.7 Å². The number of halogens is 1. The van der Waals surface area contributed by atoms with Gasteiger partial charge in [-0.25, -0.2) is 9.97 Å². The van der Waals surface area contributed by atoms with Crippen molar-refractivity contribution in [3.05, 3.63) is 17.5 Å². The summed E-state index contributed by atoms with van der Waals surface area (Å²) in [4.78, 5) is 9.05. The summed E-state index contributed by atoms with van der Waals surface area (Å²) in [5, 5.41) is 3.44. The Bertz CT molecular complexity index is 393. The van der Waals surface area contributed by atoms with Crippen molar-refractivity contribution in [1.82, 2.24) is 9.97 Å². The lowest BCUT2D eigenvalue weighted by atomic mass is 9.96. The minimum atomic E-state index is -0.0379. The molecule has 1 atom stereocenters. The fourth-order valence-electron chi connectivity index (χ4n) is 1.75. The molecule has 4 heteroatoms. The first-order chi connectivity index (χ1) is 8.40. The Labute approximate surface area is 115 Å². The molecule has 1 heterocycles. The van der Waals surface area contributed by atoms with Gasteiger partial charge in [-0.1, -0.05) is 20.8 Å². The zero-order valence-corrected chi connectivity index (χ0v) is 12.8. The number of nitrogens with zero attached hydrogens (tertiary/aromatic N) is 2. The van der Waals surface area contributed by atoms with Crippen molar-refractivity contribution >= 4 is 17.5 Å². The van der Waals surface area contributed by atoms with Crippen LogP contribution in [0.5, 0.6) is 0 Å². The standard InChI is InChI=1S/C14H24ClN3/c1-6-14(5,7-8-15)18-13-16-11(4)9-12(17-13)10(2)3/h9-10H,6-8H2,1-5H3,(H,16,17,18). The molecule has 0 aromatic carbocycles. The fourth-order valence-corrected chi connectivity index (χ4v) is 2.17. The van der Waals surface area contributed by atoms with Gasteiger partial charge in [-0.2, -0.15) is 0 Å². The molecule has 1 N–H and O–H groups in total. The molecule has 1 unspecified atom stereocenters. The van der Waals surface area contributed by atoms with Gasteiger partial charge in [0.25, 0.3) is 0 Å². The van der Waals surface area contributed by atoms with E-state index in [9.17, 15) is 0 Å². The van der Waals surface area contributed by atoms with Crippen LogP contribution in [-0.4, -0.2) is 21.4 Å². The molecule has 102 valence electrons. The van der Waals surface area contributed by atoms with E-state index in [1.165, 1.54) is 0 Å². The van der Waals surface area contributed by atoms with Gasteiger partial charge < -0.3 is 5.32 Å². The van der Waals surface area contributed by atoms with Gasteiger partial charge in [0.1, 0.15) is 0 Å². The van der Waals surface area contributed by atoms with E-state index in [2.05, 4.69) is 43.0 Å². The zero-order chi connectivity index (χ0) is 13.8. The number of alkyl halides is 1. The number of aromatic nitrogens is 2. The van der Waals surface area contributed by atoms with Gasteiger partial charge >= 0.3 is 0 Å². The lowest BCUT2D eigenvalue weighted by molar-refractivity contribution is 0.476. The molecule has 1 aromatic heterocycles. The Balaban J connectivity index is 2.96. The Hall–Kier alpha value is -0.830. The smallest absolute Gasteiger partial charge is 0.223 e. The summed E-state index contributed by atoms with van der Waals surface area (Å²) in [7, 11) is 0. The van der Waals surface area contributed by atoms with Crippen LogP contribution in [0.3, 0.4) is 0 Å². The van der Waals surface area contributed by atoms with E-state index < -0.39 is 0 Å². The van der Waals surface area contributed by atoms with Gasteiger partial charge in [-0.05, 0) is 38.7 Å². The van der Waals surface area contributed by atoms with E-state index >= 15 is 0 Å². The van der Waals surface area contributed by atoms with Crippen LogP contribution in [-0.2, 0) is 0 Å².